The summed E-state index contributed by atoms with van der Waals surface area (Å²) >= 11 is 0. The van der Waals surface area contributed by atoms with Crippen LogP contribution >= 0.6 is 0 Å². The third kappa shape index (κ3) is 1.66. The molecule has 1 aliphatic rings. The topological polar surface area (TPSA) is 53.2 Å². The van der Waals surface area contributed by atoms with Crippen LogP contribution in [0, 0.1) is 0 Å². The minimum absolute atomic E-state index is 0.312. The summed E-state index contributed by atoms with van der Waals surface area (Å²) in [5.74, 6) is 0. The minimum atomic E-state index is -0.359. The molecule has 1 saturated heterocycles. The summed E-state index contributed by atoms with van der Waals surface area (Å²) in [7, 11) is 1.45. The van der Waals surface area contributed by atoms with E-state index in [1.165, 1.54) is 23.9 Å². The smallest absolute Gasteiger partial charge is 0.332 e. The molecular weight excluding hydrogens is 196 g/mol. The fraction of sp³-hybridized carbons (Fsp3) is 0.400. The molecule has 2 rings (SSSR count). The monoisotopic (exact) mass is 208 g/mol. The molecule has 0 saturated carbocycles. The second kappa shape index (κ2) is 3.51. The van der Waals surface area contributed by atoms with Crippen molar-refractivity contribution in [2.75, 3.05) is 6.61 Å². The summed E-state index contributed by atoms with van der Waals surface area (Å²) < 4.78 is 7.85. The molecule has 0 bridgehead atoms. The molecule has 0 amide bonds. The molecule has 1 aromatic heterocycles. The van der Waals surface area contributed by atoms with Crippen LogP contribution in [-0.4, -0.2) is 15.7 Å². The van der Waals surface area contributed by atoms with Gasteiger partial charge in [0.1, 0.15) is 6.23 Å². The largest absolute Gasteiger partial charge is 0.353 e. The molecule has 15 heavy (non-hydrogen) atoms. The summed E-state index contributed by atoms with van der Waals surface area (Å²) in [6, 6.07) is 1.35. The van der Waals surface area contributed by atoms with Gasteiger partial charge in [0.05, 0.1) is 6.61 Å². The fourth-order valence-corrected chi connectivity index (χ4v) is 1.56. The van der Waals surface area contributed by atoms with E-state index in [9.17, 15) is 9.59 Å². The average molecular weight is 208 g/mol. The van der Waals surface area contributed by atoms with Gasteiger partial charge in [0, 0.05) is 25.7 Å². The summed E-state index contributed by atoms with van der Waals surface area (Å²) in [6.45, 7) is 4.26. The summed E-state index contributed by atoms with van der Waals surface area (Å²) in [5, 5.41) is 0. The number of hydrogen-bond acceptors (Lipinski definition) is 3. The number of aromatic nitrogens is 2. The van der Waals surface area contributed by atoms with E-state index in [1.54, 1.807) is 0 Å². The second-order valence-corrected chi connectivity index (χ2v) is 3.62. The van der Waals surface area contributed by atoms with E-state index in [0.29, 0.717) is 13.0 Å². The van der Waals surface area contributed by atoms with Crippen LogP contribution in [0.4, 0.5) is 0 Å². The number of rotatable bonds is 1. The highest BCUT2D eigenvalue weighted by molar-refractivity contribution is 5.01. The standard InChI is InChI=1S/C10H12N2O3/c1-7-5-9(15-6-7)12-4-3-8(13)11(2)10(12)14/h3-4,9H,1,5-6H2,2H3/t9-/m1/s1. The molecule has 0 spiro atoms. The SMILES string of the molecule is C=C1CO[C@@H](n2ccc(=O)n(C)c2=O)C1. The van der Waals surface area contributed by atoms with Gasteiger partial charge in [-0.2, -0.15) is 0 Å². The highest BCUT2D eigenvalue weighted by Gasteiger charge is 2.21. The Hall–Kier alpha value is -1.62. The lowest BCUT2D eigenvalue weighted by Gasteiger charge is -2.12. The molecule has 0 aromatic carbocycles. The Balaban J connectivity index is 2.46. The Bertz CT molecular complexity index is 512. The molecule has 80 valence electrons. The van der Waals surface area contributed by atoms with Crippen LogP contribution in [0.1, 0.15) is 12.6 Å². The van der Waals surface area contributed by atoms with Crippen LogP contribution in [-0.2, 0) is 11.8 Å². The van der Waals surface area contributed by atoms with E-state index in [0.717, 1.165) is 10.1 Å². The molecule has 1 aromatic rings. The first-order valence-corrected chi connectivity index (χ1v) is 4.66. The van der Waals surface area contributed by atoms with Crippen molar-refractivity contribution in [3.05, 3.63) is 45.3 Å². The van der Waals surface area contributed by atoms with E-state index in [-0.39, 0.29) is 17.5 Å². The summed E-state index contributed by atoms with van der Waals surface area (Å²) in [4.78, 5) is 22.9. The van der Waals surface area contributed by atoms with E-state index < -0.39 is 0 Å². The zero-order valence-corrected chi connectivity index (χ0v) is 8.47. The Morgan fingerprint density at radius 1 is 1.53 bits per heavy atom. The third-order valence-corrected chi connectivity index (χ3v) is 2.47. The van der Waals surface area contributed by atoms with Gasteiger partial charge in [-0.05, 0) is 5.57 Å². The van der Waals surface area contributed by atoms with Gasteiger partial charge in [0.25, 0.3) is 5.56 Å². The highest BCUT2D eigenvalue weighted by atomic mass is 16.5. The van der Waals surface area contributed by atoms with Crippen LogP contribution in [0.2, 0.25) is 0 Å². The molecule has 0 unspecified atom stereocenters. The molecule has 0 radical (unpaired) electrons. The van der Waals surface area contributed by atoms with Crippen molar-refractivity contribution < 1.29 is 4.74 Å². The van der Waals surface area contributed by atoms with E-state index >= 15 is 0 Å². The van der Waals surface area contributed by atoms with Crippen LogP contribution in [0.15, 0.2) is 34.0 Å². The minimum Gasteiger partial charge on any atom is -0.353 e. The molecule has 5 nitrogen and oxygen atoms in total. The molecule has 0 aliphatic carbocycles. The van der Waals surface area contributed by atoms with Crippen molar-refractivity contribution in [2.24, 2.45) is 7.05 Å². The molecule has 0 N–H and O–H groups in total. The zero-order valence-electron chi connectivity index (χ0n) is 8.47. The van der Waals surface area contributed by atoms with Crippen LogP contribution in [0.25, 0.3) is 0 Å². The van der Waals surface area contributed by atoms with Gasteiger partial charge < -0.3 is 4.74 Å². The quantitative estimate of drug-likeness (QED) is 0.611. The average Bonchev–Trinajstić information content (AvgIpc) is 2.61. The predicted molar refractivity (Wildman–Crippen MR) is 54.7 cm³/mol. The van der Waals surface area contributed by atoms with E-state index in [1.807, 2.05) is 0 Å². The molecule has 1 aliphatic heterocycles. The van der Waals surface area contributed by atoms with Crippen LogP contribution in [0.5, 0.6) is 0 Å². The Morgan fingerprint density at radius 3 is 2.87 bits per heavy atom. The fourth-order valence-electron chi connectivity index (χ4n) is 1.56. The first kappa shape index (κ1) is 9.92. The zero-order chi connectivity index (χ0) is 11.0. The molecule has 1 atom stereocenters. The third-order valence-electron chi connectivity index (χ3n) is 2.47. The number of ether oxygens (including phenoxy) is 1. The maximum atomic E-state index is 11.7. The molecule has 2 heterocycles. The van der Waals surface area contributed by atoms with Crippen molar-refractivity contribution in [1.29, 1.82) is 0 Å². The van der Waals surface area contributed by atoms with Gasteiger partial charge in [-0.1, -0.05) is 6.58 Å². The van der Waals surface area contributed by atoms with Crippen molar-refractivity contribution in [1.82, 2.24) is 9.13 Å². The predicted octanol–water partition coefficient (Wildman–Crippen LogP) is 0.0221. The number of nitrogens with zero attached hydrogens (tertiary/aromatic N) is 2. The number of hydrogen-bond donors (Lipinski definition) is 0. The van der Waals surface area contributed by atoms with Crippen LogP contribution in [0.3, 0.4) is 0 Å². The van der Waals surface area contributed by atoms with Crippen molar-refractivity contribution in [3.63, 3.8) is 0 Å². The van der Waals surface area contributed by atoms with E-state index in [2.05, 4.69) is 6.58 Å². The molecule has 1 fully saturated rings. The second-order valence-electron chi connectivity index (χ2n) is 3.62. The molecular formula is C10H12N2O3. The maximum Gasteiger partial charge on any atom is 0.332 e. The lowest BCUT2D eigenvalue weighted by Crippen LogP contribution is -2.38. The Labute approximate surface area is 86.2 Å². The van der Waals surface area contributed by atoms with Gasteiger partial charge in [-0.3, -0.25) is 13.9 Å². The lowest BCUT2D eigenvalue weighted by atomic mass is 10.2. The Morgan fingerprint density at radius 2 is 2.27 bits per heavy atom. The van der Waals surface area contributed by atoms with Gasteiger partial charge >= 0.3 is 5.69 Å². The summed E-state index contributed by atoms with van der Waals surface area (Å²) in [5.41, 5.74) is 0.288. The normalized spacial score (nSPS) is 20.9. The van der Waals surface area contributed by atoms with Gasteiger partial charge in [-0.25, -0.2) is 4.79 Å². The van der Waals surface area contributed by atoms with Crippen molar-refractivity contribution in [2.45, 2.75) is 12.6 Å². The molecule has 5 heteroatoms. The first-order chi connectivity index (χ1) is 7.09. The van der Waals surface area contributed by atoms with Crippen LogP contribution < -0.4 is 11.2 Å². The van der Waals surface area contributed by atoms with E-state index in [4.69, 9.17) is 4.74 Å². The summed E-state index contributed by atoms with van der Waals surface area (Å²) in [6.07, 6.45) is 1.77. The van der Waals surface area contributed by atoms with Gasteiger partial charge in [0.2, 0.25) is 0 Å². The highest BCUT2D eigenvalue weighted by Crippen LogP contribution is 2.24. The lowest BCUT2D eigenvalue weighted by molar-refractivity contribution is 0.0529. The van der Waals surface area contributed by atoms with Crippen molar-refractivity contribution in [3.8, 4) is 0 Å². The van der Waals surface area contributed by atoms with Gasteiger partial charge in [0.15, 0.2) is 0 Å². The Kier molecular flexibility index (Phi) is 2.32. The first-order valence-electron chi connectivity index (χ1n) is 4.66. The van der Waals surface area contributed by atoms with Gasteiger partial charge in [-0.15, -0.1) is 0 Å². The maximum absolute atomic E-state index is 11.7. The van der Waals surface area contributed by atoms with Crippen molar-refractivity contribution >= 4 is 0 Å².